The molecule has 6 rings (SSSR count). The molecule has 3 aliphatic rings. The summed E-state index contributed by atoms with van der Waals surface area (Å²) in [5.74, 6) is 5.62. The van der Waals surface area contributed by atoms with Gasteiger partial charge >= 0.3 is 0 Å². The van der Waals surface area contributed by atoms with E-state index in [9.17, 15) is 9.59 Å². The van der Waals surface area contributed by atoms with E-state index in [2.05, 4.69) is 55.1 Å². The van der Waals surface area contributed by atoms with Crippen molar-refractivity contribution in [3.05, 3.63) is 53.1 Å². The number of hydrogen-bond acceptors (Lipinski definition) is 8. The fourth-order valence-electron chi connectivity index (χ4n) is 5.99. The maximum atomic E-state index is 12.8. The van der Waals surface area contributed by atoms with Crippen molar-refractivity contribution in [1.82, 2.24) is 20.2 Å². The van der Waals surface area contributed by atoms with Crippen molar-refractivity contribution >= 4 is 39.6 Å². The van der Waals surface area contributed by atoms with Crippen LogP contribution in [0.3, 0.4) is 0 Å². The van der Waals surface area contributed by atoms with Crippen LogP contribution < -0.4 is 26.0 Å². The normalized spacial score (nSPS) is 21.6. The number of aromatic nitrogens is 2. The van der Waals surface area contributed by atoms with Gasteiger partial charge in [-0.15, -0.1) is 0 Å². The third kappa shape index (κ3) is 5.35. The fraction of sp³-hybridized carbons (Fsp3) is 0.433. The van der Waals surface area contributed by atoms with Crippen molar-refractivity contribution in [1.29, 1.82) is 0 Å². The largest absolute Gasteiger partial charge is 0.378 e. The van der Waals surface area contributed by atoms with E-state index in [1.54, 1.807) is 13.1 Å². The highest BCUT2D eigenvalue weighted by atomic mass is 16.5. The van der Waals surface area contributed by atoms with Crippen LogP contribution in [0.2, 0.25) is 0 Å². The number of carbonyl (C=O) groups excluding carboxylic acids is 1. The Morgan fingerprint density at radius 1 is 1.10 bits per heavy atom. The van der Waals surface area contributed by atoms with Gasteiger partial charge in [0, 0.05) is 56.7 Å². The molecule has 3 fully saturated rings. The number of ether oxygens (including phenoxy) is 1. The zero-order valence-electron chi connectivity index (χ0n) is 22.9. The van der Waals surface area contributed by atoms with Crippen LogP contribution in [0.5, 0.6) is 0 Å². The number of rotatable bonds is 6. The Labute approximate surface area is 233 Å². The van der Waals surface area contributed by atoms with Gasteiger partial charge in [-0.1, -0.05) is 5.92 Å². The number of H-pyrrole nitrogens is 1. The molecule has 0 radical (unpaired) electrons. The molecule has 0 spiro atoms. The maximum Gasteiger partial charge on any atom is 0.296 e. The van der Waals surface area contributed by atoms with E-state index in [1.165, 1.54) is 0 Å². The zero-order valence-corrected chi connectivity index (χ0v) is 22.9. The van der Waals surface area contributed by atoms with Crippen LogP contribution in [-0.4, -0.2) is 84.8 Å². The lowest BCUT2D eigenvalue weighted by Crippen LogP contribution is -2.60. The summed E-state index contributed by atoms with van der Waals surface area (Å²) in [5, 5.41) is 7.81. The number of nitrogens with zero attached hydrogens (tertiary/aromatic N) is 4. The zero-order chi connectivity index (χ0) is 27.6. The van der Waals surface area contributed by atoms with Gasteiger partial charge in [0.1, 0.15) is 5.82 Å². The number of anilines is 4. The Morgan fingerprint density at radius 3 is 2.67 bits per heavy atom. The molecule has 3 aromatic rings. The van der Waals surface area contributed by atoms with Crippen molar-refractivity contribution in [2.45, 2.75) is 38.4 Å². The highest BCUT2D eigenvalue weighted by Gasteiger charge is 2.33. The summed E-state index contributed by atoms with van der Waals surface area (Å²) in [4.78, 5) is 39.4. The van der Waals surface area contributed by atoms with Gasteiger partial charge in [-0.05, 0) is 61.9 Å². The van der Waals surface area contributed by atoms with Gasteiger partial charge < -0.3 is 30.2 Å². The molecule has 40 heavy (non-hydrogen) atoms. The number of fused-ring (bicyclic) bond motifs is 1. The Bertz CT molecular complexity index is 1510. The predicted molar refractivity (Wildman–Crippen MR) is 157 cm³/mol. The SMILES string of the molecule is CC#CC(=O)NC1CCN(c2cc(Nc3ccc(N4CCN(C5COC5)[C@@H](C)C4)cn3)c3c(=O)[nH]ccc3c2)C1. The van der Waals surface area contributed by atoms with E-state index < -0.39 is 0 Å². The van der Waals surface area contributed by atoms with Crippen LogP contribution in [0.4, 0.5) is 22.9 Å². The molecule has 3 N–H and O–H groups in total. The third-order valence-corrected chi connectivity index (χ3v) is 8.13. The number of hydrogen-bond donors (Lipinski definition) is 3. The lowest BCUT2D eigenvalue weighted by atomic mass is 10.1. The Kier molecular flexibility index (Phi) is 7.32. The summed E-state index contributed by atoms with van der Waals surface area (Å²) in [7, 11) is 0. The van der Waals surface area contributed by atoms with Gasteiger partial charge in [0.2, 0.25) is 0 Å². The monoisotopic (exact) mass is 541 g/mol. The Hall–Kier alpha value is -4.07. The van der Waals surface area contributed by atoms with Gasteiger partial charge in [-0.3, -0.25) is 14.5 Å². The number of benzene rings is 1. The fourth-order valence-corrected chi connectivity index (χ4v) is 5.99. The summed E-state index contributed by atoms with van der Waals surface area (Å²) in [6.07, 6.45) is 4.40. The molecule has 2 aromatic heterocycles. The van der Waals surface area contributed by atoms with Crippen molar-refractivity contribution in [3.8, 4) is 11.8 Å². The Morgan fingerprint density at radius 2 is 1.95 bits per heavy atom. The lowest BCUT2D eigenvalue weighted by molar-refractivity contribution is -0.116. The molecule has 0 bridgehead atoms. The number of amides is 1. The lowest BCUT2D eigenvalue weighted by Gasteiger charge is -2.47. The molecule has 208 valence electrons. The molecule has 10 nitrogen and oxygen atoms in total. The molecule has 1 unspecified atom stereocenters. The molecule has 5 heterocycles. The minimum atomic E-state index is -0.249. The highest BCUT2D eigenvalue weighted by molar-refractivity contribution is 5.97. The molecule has 0 aliphatic carbocycles. The summed E-state index contributed by atoms with van der Waals surface area (Å²) < 4.78 is 5.39. The van der Waals surface area contributed by atoms with Crippen LogP contribution in [0, 0.1) is 11.8 Å². The first-order valence-electron chi connectivity index (χ1n) is 13.9. The minimum Gasteiger partial charge on any atom is -0.378 e. The average Bonchev–Trinajstić information content (AvgIpc) is 3.38. The van der Waals surface area contributed by atoms with Crippen molar-refractivity contribution < 1.29 is 9.53 Å². The van der Waals surface area contributed by atoms with E-state index in [1.807, 2.05) is 30.5 Å². The van der Waals surface area contributed by atoms with Gasteiger partial charge in [0.15, 0.2) is 0 Å². The molecule has 10 heteroatoms. The second-order valence-electron chi connectivity index (χ2n) is 10.8. The average molecular weight is 542 g/mol. The van der Waals surface area contributed by atoms with E-state index in [0.717, 1.165) is 62.6 Å². The van der Waals surface area contributed by atoms with Gasteiger partial charge in [-0.2, -0.15) is 0 Å². The molecular weight excluding hydrogens is 506 g/mol. The number of aromatic amines is 1. The van der Waals surface area contributed by atoms with Gasteiger partial charge in [-0.25, -0.2) is 4.98 Å². The molecule has 1 amide bonds. The second kappa shape index (κ2) is 11.2. The molecule has 3 saturated heterocycles. The topological polar surface area (TPSA) is 106 Å². The van der Waals surface area contributed by atoms with E-state index in [4.69, 9.17) is 9.72 Å². The second-order valence-corrected chi connectivity index (χ2v) is 10.8. The summed E-state index contributed by atoms with van der Waals surface area (Å²) in [6, 6.07) is 11.0. The molecular formula is C30H35N7O3. The molecule has 0 saturated carbocycles. The van der Waals surface area contributed by atoms with Gasteiger partial charge in [0.25, 0.3) is 11.5 Å². The van der Waals surface area contributed by atoms with Crippen molar-refractivity contribution in [2.24, 2.45) is 0 Å². The summed E-state index contributed by atoms with van der Waals surface area (Å²) in [6.45, 7) is 10.0. The first-order valence-corrected chi connectivity index (χ1v) is 13.9. The standard InChI is InChI=1S/C30H35N7O3/c1-3-4-28(38)33-22-8-10-35(17-22)24-13-21-7-9-31-30(39)29(21)26(14-24)34-27-6-5-23(15-32-27)36-11-12-37(20(2)16-36)25-18-40-19-25/h5-7,9,13-15,20,22,25H,8,10-12,16-19H2,1-2H3,(H,31,39)(H,32,34)(H,33,38)/t20-,22?/m0/s1. The van der Waals surface area contributed by atoms with Crippen LogP contribution in [-0.2, 0) is 9.53 Å². The number of piperazine rings is 1. The van der Waals surface area contributed by atoms with Crippen LogP contribution in [0.25, 0.3) is 10.8 Å². The first-order chi connectivity index (χ1) is 19.5. The Balaban J connectivity index is 1.19. The van der Waals surface area contributed by atoms with Gasteiger partial charge in [0.05, 0.1) is 42.2 Å². The van der Waals surface area contributed by atoms with E-state index in [0.29, 0.717) is 35.5 Å². The molecule has 3 aliphatic heterocycles. The van der Waals surface area contributed by atoms with E-state index in [-0.39, 0.29) is 17.5 Å². The highest BCUT2D eigenvalue weighted by Crippen LogP contribution is 2.32. The number of nitrogens with one attached hydrogen (secondary N) is 3. The first kappa shape index (κ1) is 26.2. The predicted octanol–water partition coefficient (Wildman–Crippen LogP) is 2.29. The maximum absolute atomic E-state index is 12.8. The summed E-state index contributed by atoms with van der Waals surface area (Å²) >= 11 is 0. The number of carbonyl (C=O) groups is 1. The molecule has 1 aromatic carbocycles. The quantitative estimate of drug-likeness (QED) is 0.409. The third-order valence-electron chi connectivity index (χ3n) is 8.13. The molecule has 2 atom stereocenters. The van der Waals surface area contributed by atoms with Crippen LogP contribution in [0.1, 0.15) is 20.3 Å². The minimum absolute atomic E-state index is 0.0282. The van der Waals surface area contributed by atoms with Crippen LogP contribution in [0.15, 0.2) is 47.5 Å². The van der Waals surface area contributed by atoms with Crippen molar-refractivity contribution in [3.63, 3.8) is 0 Å². The smallest absolute Gasteiger partial charge is 0.296 e. The van der Waals surface area contributed by atoms with E-state index >= 15 is 0 Å². The van der Waals surface area contributed by atoms with Crippen LogP contribution >= 0.6 is 0 Å². The van der Waals surface area contributed by atoms with Crippen molar-refractivity contribution in [2.75, 3.05) is 61.1 Å². The number of pyridine rings is 2. The summed E-state index contributed by atoms with van der Waals surface area (Å²) in [5.41, 5.74) is 2.62.